The third-order valence-electron chi connectivity index (χ3n) is 6.14. The topological polar surface area (TPSA) is 87.6 Å². The highest BCUT2D eigenvalue weighted by Gasteiger charge is 2.18. The number of aryl methyl sites for hydroxylation is 1. The molecule has 2 heterocycles. The number of nitrogens with two attached hydrogens (primary N) is 1. The molecular weight excluding hydrogens is 426 g/mol. The monoisotopic (exact) mass is 459 g/mol. The van der Waals surface area contributed by atoms with Gasteiger partial charge in [0.25, 0.3) is 0 Å². The van der Waals surface area contributed by atoms with Crippen LogP contribution in [0.15, 0.2) is 60.7 Å². The number of aliphatic hydroxyl groups is 1. The van der Waals surface area contributed by atoms with Gasteiger partial charge in [-0.3, -0.25) is 4.79 Å². The van der Waals surface area contributed by atoms with E-state index in [1.54, 1.807) is 10.7 Å². The second-order valence-electron chi connectivity index (χ2n) is 9.16. The van der Waals surface area contributed by atoms with Crippen molar-refractivity contribution in [1.82, 2.24) is 19.6 Å². The molecule has 7 heteroatoms. The van der Waals surface area contributed by atoms with Crippen LogP contribution in [0.4, 0.5) is 0 Å². The molecule has 1 unspecified atom stereocenters. The second kappa shape index (κ2) is 10.3. The van der Waals surface area contributed by atoms with Crippen molar-refractivity contribution in [1.29, 1.82) is 0 Å². The molecule has 0 radical (unpaired) electrons. The maximum atomic E-state index is 12.3. The summed E-state index contributed by atoms with van der Waals surface area (Å²) in [6.45, 7) is 3.85. The Kier molecular flexibility index (Phi) is 7.26. The maximum absolute atomic E-state index is 12.3. The fraction of sp³-hybridized carbons (Fsp3) is 0.333. The van der Waals surface area contributed by atoms with E-state index in [0.29, 0.717) is 18.8 Å². The standard InChI is InChI=1S/C27H33N5O2/c1-19-16-25(27(28)34)29-32(19)24-10-6-21(7-11-24)17-20-4-8-22(9-5-20)23-12-14-31(15-13-23)26(33)18-30(2)3/h4-12,16,27,34H,13-15,17-18,28H2,1-3H3. The summed E-state index contributed by atoms with van der Waals surface area (Å²) >= 11 is 0. The van der Waals surface area contributed by atoms with E-state index >= 15 is 0 Å². The molecule has 0 saturated heterocycles. The highest BCUT2D eigenvalue weighted by atomic mass is 16.3. The Morgan fingerprint density at radius 1 is 1.12 bits per heavy atom. The van der Waals surface area contributed by atoms with E-state index in [9.17, 15) is 9.90 Å². The van der Waals surface area contributed by atoms with E-state index in [1.165, 1.54) is 22.3 Å². The first-order valence-corrected chi connectivity index (χ1v) is 11.6. The van der Waals surface area contributed by atoms with Gasteiger partial charge in [0.2, 0.25) is 5.91 Å². The van der Waals surface area contributed by atoms with Crippen molar-refractivity contribution < 1.29 is 9.90 Å². The second-order valence-corrected chi connectivity index (χ2v) is 9.16. The number of carbonyl (C=O) groups excluding carboxylic acids is 1. The SMILES string of the molecule is Cc1cc(C(N)O)nn1-c1ccc(Cc2ccc(C3=CCN(C(=O)CN(C)C)CC3)cc2)cc1. The van der Waals surface area contributed by atoms with Crippen LogP contribution in [0.3, 0.4) is 0 Å². The van der Waals surface area contributed by atoms with Crippen LogP contribution in [-0.4, -0.2) is 64.3 Å². The summed E-state index contributed by atoms with van der Waals surface area (Å²) in [5, 5.41) is 13.9. The number of aliphatic hydroxyl groups excluding tert-OH is 1. The lowest BCUT2D eigenvalue weighted by Crippen LogP contribution is -2.40. The number of likely N-dealkylation sites (N-methyl/N-ethyl adjacent to an activating group) is 1. The van der Waals surface area contributed by atoms with E-state index in [4.69, 9.17) is 5.73 Å². The molecule has 0 saturated carbocycles. The molecule has 1 amide bonds. The summed E-state index contributed by atoms with van der Waals surface area (Å²) < 4.78 is 1.79. The summed E-state index contributed by atoms with van der Waals surface area (Å²) in [4.78, 5) is 16.1. The van der Waals surface area contributed by atoms with Gasteiger partial charge in [-0.1, -0.05) is 42.5 Å². The molecule has 0 bridgehead atoms. The van der Waals surface area contributed by atoms with Crippen LogP contribution < -0.4 is 5.73 Å². The van der Waals surface area contributed by atoms with Gasteiger partial charge in [0, 0.05) is 18.8 Å². The van der Waals surface area contributed by atoms with E-state index in [1.807, 2.05) is 43.0 Å². The van der Waals surface area contributed by atoms with Gasteiger partial charge < -0.3 is 20.6 Å². The first kappa shape index (κ1) is 23.9. The number of rotatable bonds is 7. The van der Waals surface area contributed by atoms with Gasteiger partial charge in [0.05, 0.1) is 12.2 Å². The van der Waals surface area contributed by atoms with Crippen LogP contribution in [0.2, 0.25) is 0 Å². The third-order valence-corrected chi connectivity index (χ3v) is 6.14. The molecule has 178 valence electrons. The lowest BCUT2D eigenvalue weighted by molar-refractivity contribution is -0.131. The summed E-state index contributed by atoms with van der Waals surface area (Å²) in [5.41, 5.74) is 12.9. The molecular formula is C27H33N5O2. The number of nitrogens with zero attached hydrogens (tertiary/aromatic N) is 4. The molecule has 1 aliphatic heterocycles. The van der Waals surface area contributed by atoms with Gasteiger partial charge in [-0.25, -0.2) is 4.68 Å². The van der Waals surface area contributed by atoms with E-state index < -0.39 is 6.23 Å². The lowest BCUT2D eigenvalue weighted by atomic mass is 9.96. The summed E-state index contributed by atoms with van der Waals surface area (Å²) in [5.74, 6) is 0.182. The Balaban J connectivity index is 1.38. The fourth-order valence-corrected chi connectivity index (χ4v) is 4.26. The smallest absolute Gasteiger partial charge is 0.237 e. The molecule has 3 aromatic rings. The van der Waals surface area contributed by atoms with Crippen LogP contribution in [0, 0.1) is 6.92 Å². The van der Waals surface area contributed by atoms with Crippen molar-refractivity contribution in [3.63, 3.8) is 0 Å². The lowest BCUT2D eigenvalue weighted by Gasteiger charge is -2.27. The van der Waals surface area contributed by atoms with Crippen LogP contribution in [0.25, 0.3) is 11.3 Å². The Morgan fingerprint density at radius 3 is 2.29 bits per heavy atom. The van der Waals surface area contributed by atoms with Crippen LogP contribution in [0.5, 0.6) is 0 Å². The molecule has 34 heavy (non-hydrogen) atoms. The molecule has 0 fully saturated rings. The minimum atomic E-state index is -1.07. The predicted octanol–water partition coefficient (Wildman–Crippen LogP) is 2.90. The quantitative estimate of drug-likeness (QED) is 0.531. The molecule has 3 N–H and O–H groups in total. The summed E-state index contributed by atoms with van der Waals surface area (Å²) in [6.07, 6.45) is 2.83. The van der Waals surface area contributed by atoms with Crippen LogP contribution >= 0.6 is 0 Å². The van der Waals surface area contributed by atoms with Gasteiger partial charge in [-0.15, -0.1) is 0 Å². The van der Waals surface area contributed by atoms with E-state index in [0.717, 1.165) is 30.8 Å². The molecule has 7 nitrogen and oxygen atoms in total. The zero-order valence-corrected chi connectivity index (χ0v) is 20.1. The Morgan fingerprint density at radius 2 is 1.76 bits per heavy atom. The van der Waals surface area contributed by atoms with Gasteiger partial charge in [0.15, 0.2) is 0 Å². The Labute approximate surface area is 201 Å². The zero-order valence-electron chi connectivity index (χ0n) is 20.1. The van der Waals surface area contributed by atoms with Gasteiger partial charge in [-0.2, -0.15) is 5.10 Å². The summed E-state index contributed by atoms with van der Waals surface area (Å²) in [6, 6.07) is 18.8. The van der Waals surface area contributed by atoms with Gasteiger partial charge in [0.1, 0.15) is 11.9 Å². The molecule has 2 aromatic carbocycles. The number of hydrogen-bond donors (Lipinski definition) is 2. The molecule has 1 aromatic heterocycles. The maximum Gasteiger partial charge on any atom is 0.237 e. The molecule has 4 rings (SSSR count). The average Bonchev–Trinajstić information content (AvgIpc) is 3.22. The van der Waals surface area contributed by atoms with Gasteiger partial charge in [-0.05, 0) is 74.3 Å². The minimum absolute atomic E-state index is 0.182. The fourth-order valence-electron chi connectivity index (χ4n) is 4.26. The van der Waals surface area contributed by atoms with E-state index in [-0.39, 0.29) is 5.91 Å². The van der Waals surface area contributed by atoms with Crippen molar-refractivity contribution in [2.24, 2.45) is 5.73 Å². The number of benzene rings is 2. The molecule has 1 atom stereocenters. The van der Waals surface area contributed by atoms with E-state index in [2.05, 4.69) is 47.6 Å². The number of aromatic nitrogens is 2. The van der Waals surface area contributed by atoms with Crippen LogP contribution in [0.1, 0.15) is 40.7 Å². The highest BCUT2D eigenvalue weighted by molar-refractivity contribution is 5.80. The molecule has 0 spiro atoms. The first-order chi connectivity index (χ1) is 16.3. The summed E-state index contributed by atoms with van der Waals surface area (Å²) in [7, 11) is 3.84. The molecule has 0 aliphatic carbocycles. The highest BCUT2D eigenvalue weighted by Crippen LogP contribution is 2.24. The van der Waals surface area contributed by atoms with Crippen molar-refractivity contribution in [2.75, 3.05) is 33.7 Å². The van der Waals surface area contributed by atoms with Gasteiger partial charge >= 0.3 is 0 Å². The minimum Gasteiger partial charge on any atom is -0.373 e. The number of hydrogen-bond acceptors (Lipinski definition) is 5. The Hall–Kier alpha value is -3.26. The van der Waals surface area contributed by atoms with Crippen molar-refractivity contribution in [3.8, 4) is 5.69 Å². The van der Waals surface area contributed by atoms with Crippen molar-refractivity contribution in [3.05, 3.63) is 88.8 Å². The normalized spacial score (nSPS) is 14.9. The third kappa shape index (κ3) is 5.62. The Bertz CT molecular complexity index is 1160. The number of amides is 1. The first-order valence-electron chi connectivity index (χ1n) is 11.6. The predicted molar refractivity (Wildman–Crippen MR) is 134 cm³/mol. The van der Waals surface area contributed by atoms with Crippen molar-refractivity contribution >= 4 is 11.5 Å². The van der Waals surface area contributed by atoms with Crippen molar-refractivity contribution in [2.45, 2.75) is 26.0 Å². The zero-order chi connectivity index (χ0) is 24.2. The largest absolute Gasteiger partial charge is 0.373 e. The number of carbonyl (C=O) groups is 1. The van der Waals surface area contributed by atoms with Crippen LogP contribution in [-0.2, 0) is 11.2 Å². The molecule has 1 aliphatic rings. The average molecular weight is 460 g/mol.